The van der Waals surface area contributed by atoms with E-state index in [1.54, 1.807) is 19.9 Å². The summed E-state index contributed by atoms with van der Waals surface area (Å²) in [6, 6.07) is 1.74. The van der Waals surface area contributed by atoms with E-state index in [4.69, 9.17) is 4.74 Å². The number of nitrogens with zero attached hydrogens (tertiary/aromatic N) is 3. The number of carbonyl (C=O) groups excluding carboxylic acids is 1. The molecule has 9 nitrogen and oxygen atoms in total. The molecule has 132 valence electrons. The van der Waals surface area contributed by atoms with Crippen molar-refractivity contribution in [3.63, 3.8) is 0 Å². The minimum atomic E-state index is -3.75. The van der Waals surface area contributed by atoms with Gasteiger partial charge in [-0.3, -0.25) is 14.1 Å². The lowest BCUT2D eigenvalue weighted by atomic mass is 10.3. The first-order valence-electron chi connectivity index (χ1n) is 6.90. The molecular formula is C13H18N4O5S2. The van der Waals surface area contributed by atoms with E-state index in [-0.39, 0.29) is 27.9 Å². The topological polar surface area (TPSA) is 122 Å². The molecule has 0 amide bonds. The van der Waals surface area contributed by atoms with Crippen LogP contribution in [0.3, 0.4) is 0 Å². The number of esters is 1. The Morgan fingerprint density at radius 1 is 1.46 bits per heavy atom. The van der Waals surface area contributed by atoms with Crippen molar-refractivity contribution in [3.05, 3.63) is 19.5 Å². The highest BCUT2D eigenvalue weighted by atomic mass is 32.2. The molecule has 0 radical (unpaired) electrons. The molecule has 0 atom stereocenters. The van der Waals surface area contributed by atoms with Gasteiger partial charge >= 0.3 is 16.2 Å². The summed E-state index contributed by atoms with van der Waals surface area (Å²) in [5.41, 5.74) is -0.799. The van der Waals surface area contributed by atoms with E-state index >= 15 is 0 Å². The molecule has 0 aliphatic heterocycles. The average molecular weight is 374 g/mol. The lowest BCUT2D eigenvalue weighted by Crippen LogP contribution is -2.36. The standard InChI is InChI=1S/C13H18N4O5S2/c1-5-17-11(18)10(8-15-24(20,21)16(3)4)23-12(17)9(7-14)13(19)22-6-2/h8,15H,5-6H2,1-4H3/b10-8+,12-9-. The maximum Gasteiger partial charge on any atom is 0.351 e. The number of hydrogen-bond donors (Lipinski definition) is 1. The van der Waals surface area contributed by atoms with Gasteiger partial charge in [0, 0.05) is 26.8 Å². The van der Waals surface area contributed by atoms with Gasteiger partial charge < -0.3 is 4.74 Å². The van der Waals surface area contributed by atoms with Crippen molar-refractivity contribution in [2.24, 2.45) is 0 Å². The third kappa shape index (κ3) is 4.22. The van der Waals surface area contributed by atoms with Crippen LogP contribution in [0.15, 0.2) is 4.79 Å². The first-order valence-corrected chi connectivity index (χ1v) is 9.16. The number of nitriles is 1. The molecule has 1 aromatic heterocycles. The van der Waals surface area contributed by atoms with Gasteiger partial charge in [-0.1, -0.05) is 0 Å². The van der Waals surface area contributed by atoms with Crippen molar-refractivity contribution in [2.75, 3.05) is 20.7 Å². The number of aromatic nitrogens is 1. The van der Waals surface area contributed by atoms with Crippen LogP contribution in [0.5, 0.6) is 0 Å². The van der Waals surface area contributed by atoms with Gasteiger partial charge in [-0.25, -0.2) is 4.79 Å². The molecule has 1 rings (SSSR count). The molecule has 0 aliphatic rings. The second-order valence-electron chi connectivity index (χ2n) is 4.58. The smallest absolute Gasteiger partial charge is 0.351 e. The minimum absolute atomic E-state index is 0.0503. The molecular weight excluding hydrogens is 356 g/mol. The zero-order chi connectivity index (χ0) is 18.5. The van der Waals surface area contributed by atoms with E-state index in [9.17, 15) is 23.3 Å². The minimum Gasteiger partial charge on any atom is -0.462 e. The maximum atomic E-state index is 12.3. The van der Waals surface area contributed by atoms with Crippen LogP contribution in [-0.2, 0) is 26.3 Å². The number of nitrogens with one attached hydrogen (secondary N) is 1. The van der Waals surface area contributed by atoms with Crippen molar-refractivity contribution in [3.8, 4) is 6.07 Å². The van der Waals surface area contributed by atoms with Crippen molar-refractivity contribution in [1.29, 1.82) is 5.26 Å². The molecule has 0 aromatic carbocycles. The van der Waals surface area contributed by atoms with E-state index in [1.807, 2.05) is 0 Å². The second-order valence-corrected chi connectivity index (χ2v) is 7.52. The first kappa shape index (κ1) is 19.9. The summed E-state index contributed by atoms with van der Waals surface area (Å²) in [7, 11) is -1.08. The van der Waals surface area contributed by atoms with Crippen LogP contribution in [0.4, 0.5) is 0 Å². The molecule has 0 saturated carbocycles. The third-order valence-corrected chi connectivity index (χ3v) is 5.36. The Hall–Kier alpha value is -2.16. The Kier molecular flexibility index (Phi) is 6.70. The number of hydrogen-bond acceptors (Lipinski definition) is 7. The van der Waals surface area contributed by atoms with Crippen molar-refractivity contribution < 1.29 is 17.9 Å². The Morgan fingerprint density at radius 2 is 2.08 bits per heavy atom. The molecule has 24 heavy (non-hydrogen) atoms. The van der Waals surface area contributed by atoms with E-state index in [0.717, 1.165) is 21.8 Å². The molecule has 0 fully saturated rings. The fourth-order valence-corrected chi connectivity index (χ4v) is 3.24. The van der Waals surface area contributed by atoms with E-state index in [0.29, 0.717) is 0 Å². The van der Waals surface area contributed by atoms with Gasteiger partial charge in [-0.05, 0) is 13.8 Å². The van der Waals surface area contributed by atoms with Crippen LogP contribution < -0.4 is 19.5 Å². The van der Waals surface area contributed by atoms with Crippen LogP contribution >= 0.6 is 11.3 Å². The van der Waals surface area contributed by atoms with Gasteiger partial charge in [0.25, 0.3) is 5.56 Å². The van der Waals surface area contributed by atoms with Crippen molar-refractivity contribution >= 4 is 39.3 Å². The quantitative estimate of drug-likeness (QED) is 0.593. The number of thiazole rings is 1. The molecule has 1 aromatic rings. The van der Waals surface area contributed by atoms with Gasteiger partial charge in [-0.15, -0.1) is 11.3 Å². The summed E-state index contributed by atoms with van der Waals surface area (Å²) in [5.74, 6) is -0.830. The van der Waals surface area contributed by atoms with E-state index < -0.39 is 21.7 Å². The lowest BCUT2D eigenvalue weighted by molar-refractivity contribution is -0.136. The summed E-state index contributed by atoms with van der Waals surface area (Å²) < 4.78 is 32.7. The summed E-state index contributed by atoms with van der Waals surface area (Å²) >= 11 is 0.839. The molecule has 11 heteroatoms. The van der Waals surface area contributed by atoms with E-state index in [2.05, 4.69) is 4.72 Å². The SMILES string of the molecule is CCOC(=O)/C(C#N)=c1\s/c(=C/NS(=O)(=O)N(C)C)c(=O)n1CC. The summed E-state index contributed by atoms with van der Waals surface area (Å²) in [4.78, 5) is 24.2. The molecule has 0 saturated heterocycles. The molecule has 0 bridgehead atoms. The average Bonchev–Trinajstić information content (AvgIpc) is 2.82. The largest absolute Gasteiger partial charge is 0.462 e. The fraction of sp³-hybridized carbons (Fsp3) is 0.462. The zero-order valence-electron chi connectivity index (χ0n) is 13.7. The van der Waals surface area contributed by atoms with Gasteiger partial charge in [0.15, 0.2) is 5.57 Å². The Morgan fingerprint density at radius 3 is 2.54 bits per heavy atom. The Bertz CT molecular complexity index is 934. The van der Waals surface area contributed by atoms with Crippen molar-refractivity contribution in [1.82, 2.24) is 13.6 Å². The number of rotatable bonds is 6. The monoisotopic (exact) mass is 374 g/mol. The predicted molar refractivity (Wildman–Crippen MR) is 89.4 cm³/mol. The summed E-state index contributed by atoms with van der Waals surface area (Å²) in [6.07, 6.45) is 1.04. The summed E-state index contributed by atoms with van der Waals surface area (Å²) in [5, 5.41) is 9.20. The van der Waals surface area contributed by atoms with E-state index in [1.165, 1.54) is 18.7 Å². The highest BCUT2D eigenvalue weighted by Gasteiger charge is 2.16. The predicted octanol–water partition coefficient (Wildman–Crippen LogP) is -1.70. The number of carbonyl (C=O) groups is 1. The van der Waals surface area contributed by atoms with Crippen LogP contribution in [-0.4, -0.2) is 44.0 Å². The second kappa shape index (κ2) is 8.09. The van der Waals surface area contributed by atoms with Crippen molar-refractivity contribution in [2.45, 2.75) is 20.4 Å². The van der Waals surface area contributed by atoms with Crippen LogP contribution in [0, 0.1) is 11.3 Å². The van der Waals surface area contributed by atoms with Gasteiger partial charge in [0.1, 0.15) is 15.3 Å². The third-order valence-electron chi connectivity index (χ3n) is 2.85. The van der Waals surface area contributed by atoms with Gasteiger partial charge in [-0.2, -0.15) is 18.0 Å². The molecule has 1 N–H and O–H groups in total. The molecule has 0 aliphatic carbocycles. The Labute approximate surface area is 143 Å². The highest BCUT2D eigenvalue weighted by molar-refractivity contribution is 7.87. The first-order chi connectivity index (χ1) is 11.2. The highest BCUT2D eigenvalue weighted by Crippen LogP contribution is 1.96. The molecule has 0 unspecified atom stereocenters. The zero-order valence-corrected chi connectivity index (χ0v) is 15.3. The lowest BCUT2D eigenvalue weighted by Gasteiger charge is -2.09. The Balaban J connectivity index is 3.62. The number of ether oxygens (including phenoxy) is 1. The van der Waals surface area contributed by atoms with Crippen LogP contribution in [0.1, 0.15) is 13.8 Å². The maximum absolute atomic E-state index is 12.3. The fourth-order valence-electron chi connectivity index (χ4n) is 1.61. The summed E-state index contributed by atoms with van der Waals surface area (Å²) in [6.45, 7) is 3.58. The normalized spacial score (nSPS) is 13.6. The van der Waals surface area contributed by atoms with Gasteiger partial charge in [0.2, 0.25) is 0 Å². The van der Waals surface area contributed by atoms with Crippen LogP contribution in [0.2, 0.25) is 0 Å². The molecule has 1 heterocycles. The molecule has 0 spiro atoms. The van der Waals surface area contributed by atoms with Gasteiger partial charge in [0.05, 0.1) is 6.61 Å². The van der Waals surface area contributed by atoms with Crippen LogP contribution in [0.25, 0.3) is 11.8 Å².